The van der Waals surface area contributed by atoms with Crippen molar-refractivity contribution in [1.82, 2.24) is 4.90 Å². The molecule has 0 aliphatic carbocycles. The topological polar surface area (TPSA) is 29.5 Å². The molecule has 2 atom stereocenters. The lowest BCUT2D eigenvalue weighted by Crippen LogP contribution is -2.51. The van der Waals surface area contributed by atoms with Crippen LogP contribution in [-0.2, 0) is 11.3 Å². The molecule has 0 N–H and O–H groups in total. The Hall–Kier alpha value is -2.62. The largest absolute Gasteiger partial charge is 0.445 e. The summed E-state index contributed by atoms with van der Waals surface area (Å²) >= 11 is 0. The van der Waals surface area contributed by atoms with Gasteiger partial charge in [0.15, 0.2) is 0 Å². The van der Waals surface area contributed by atoms with Crippen LogP contribution in [0.15, 0.2) is 60.7 Å². The van der Waals surface area contributed by atoms with Gasteiger partial charge in [0.1, 0.15) is 12.4 Å². The molecule has 1 amide bonds. The second-order valence-electron chi connectivity index (χ2n) is 7.00. The molecule has 4 rings (SSSR count). The lowest BCUT2D eigenvalue weighted by molar-refractivity contribution is 0.0510. The molecular formula is C22H22FNO2. The Kier molecular flexibility index (Phi) is 4.74. The van der Waals surface area contributed by atoms with Crippen molar-refractivity contribution in [2.24, 2.45) is 0 Å². The third kappa shape index (κ3) is 3.50. The van der Waals surface area contributed by atoms with E-state index in [-0.39, 0.29) is 24.0 Å². The van der Waals surface area contributed by atoms with Crippen molar-refractivity contribution in [3.05, 3.63) is 77.6 Å². The van der Waals surface area contributed by atoms with E-state index in [4.69, 9.17) is 4.74 Å². The molecule has 0 aromatic heterocycles. The SMILES string of the molecule is O=C(OCc1ccccc1)N1C2C=C(c3ccc(F)cc3)CC1CCC2. The van der Waals surface area contributed by atoms with Gasteiger partial charge in [0.25, 0.3) is 0 Å². The van der Waals surface area contributed by atoms with Crippen molar-refractivity contribution in [3.8, 4) is 0 Å². The Bertz CT molecular complexity index is 801. The zero-order chi connectivity index (χ0) is 17.9. The fraction of sp³-hybridized carbons (Fsp3) is 0.318. The maximum absolute atomic E-state index is 13.2. The summed E-state index contributed by atoms with van der Waals surface area (Å²) in [5.41, 5.74) is 3.23. The van der Waals surface area contributed by atoms with Crippen LogP contribution < -0.4 is 0 Å². The van der Waals surface area contributed by atoms with Gasteiger partial charge in [-0.3, -0.25) is 4.90 Å². The van der Waals surface area contributed by atoms with E-state index in [1.807, 2.05) is 47.4 Å². The number of benzene rings is 2. The number of ether oxygens (including phenoxy) is 1. The Balaban J connectivity index is 1.49. The average molecular weight is 351 g/mol. The second-order valence-corrected chi connectivity index (χ2v) is 7.00. The van der Waals surface area contributed by atoms with Crippen LogP contribution in [0.25, 0.3) is 5.57 Å². The van der Waals surface area contributed by atoms with E-state index in [2.05, 4.69) is 6.08 Å². The van der Waals surface area contributed by atoms with Crippen molar-refractivity contribution in [3.63, 3.8) is 0 Å². The van der Waals surface area contributed by atoms with Gasteiger partial charge in [0, 0.05) is 6.04 Å². The lowest BCUT2D eigenvalue weighted by Gasteiger charge is -2.44. The predicted octanol–water partition coefficient (Wildman–Crippen LogP) is 5.17. The van der Waals surface area contributed by atoms with Gasteiger partial charge < -0.3 is 4.74 Å². The smallest absolute Gasteiger partial charge is 0.410 e. The summed E-state index contributed by atoms with van der Waals surface area (Å²) in [5.74, 6) is -0.225. The summed E-state index contributed by atoms with van der Waals surface area (Å²) in [7, 11) is 0. The van der Waals surface area contributed by atoms with E-state index in [0.717, 1.165) is 36.8 Å². The first-order valence-corrected chi connectivity index (χ1v) is 9.16. The number of carbonyl (C=O) groups is 1. The van der Waals surface area contributed by atoms with Crippen LogP contribution >= 0.6 is 0 Å². The minimum atomic E-state index is -0.238. The van der Waals surface area contributed by atoms with Gasteiger partial charge in [-0.15, -0.1) is 0 Å². The Labute approximate surface area is 153 Å². The molecule has 2 aromatic rings. The van der Waals surface area contributed by atoms with Crippen LogP contribution in [-0.4, -0.2) is 23.1 Å². The quantitative estimate of drug-likeness (QED) is 0.763. The molecular weight excluding hydrogens is 329 g/mol. The first kappa shape index (κ1) is 16.8. The highest BCUT2D eigenvalue weighted by atomic mass is 19.1. The molecule has 4 heteroatoms. The van der Waals surface area contributed by atoms with Crippen molar-refractivity contribution < 1.29 is 13.9 Å². The number of carbonyl (C=O) groups excluding carboxylic acids is 1. The van der Waals surface area contributed by atoms with Crippen molar-refractivity contribution >= 4 is 11.7 Å². The summed E-state index contributed by atoms with van der Waals surface area (Å²) in [4.78, 5) is 14.6. The van der Waals surface area contributed by atoms with Gasteiger partial charge >= 0.3 is 6.09 Å². The van der Waals surface area contributed by atoms with Gasteiger partial charge in [0.2, 0.25) is 0 Å². The first-order valence-electron chi connectivity index (χ1n) is 9.16. The first-order chi connectivity index (χ1) is 12.7. The van der Waals surface area contributed by atoms with E-state index < -0.39 is 0 Å². The zero-order valence-electron chi connectivity index (χ0n) is 14.6. The fourth-order valence-electron chi connectivity index (χ4n) is 3.99. The molecule has 2 aliphatic rings. The number of rotatable bonds is 3. The number of nitrogens with zero attached hydrogens (tertiary/aromatic N) is 1. The van der Waals surface area contributed by atoms with Crippen molar-refractivity contribution in [2.45, 2.75) is 44.4 Å². The number of hydrogen-bond acceptors (Lipinski definition) is 2. The van der Waals surface area contributed by atoms with Crippen molar-refractivity contribution in [2.75, 3.05) is 0 Å². The van der Waals surface area contributed by atoms with Crippen LogP contribution in [0.2, 0.25) is 0 Å². The van der Waals surface area contributed by atoms with E-state index in [1.54, 1.807) is 0 Å². The fourth-order valence-corrected chi connectivity index (χ4v) is 3.99. The van der Waals surface area contributed by atoms with Crippen LogP contribution in [0.1, 0.15) is 36.8 Å². The van der Waals surface area contributed by atoms with Crippen LogP contribution in [0, 0.1) is 5.82 Å². The lowest BCUT2D eigenvalue weighted by atomic mass is 9.83. The Morgan fingerprint density at radius 1 is 1.08 bits per heavy atom. The number of piperidine rings is 1. The maximum Gasteiger partial charge on any atom is 0.410 e. The third-order valence-corrected chi connectivity index (χ3v) is 5.27. The van der Waals surface area contributed by atoms with Crippen LogP contribution in [0.5, 0.6) is 0 Å². The van der Waals surface area contributed by atoms with Crippen LogP contribution in [0.3, 0.4) is 0 Å². The Morgan fingerprint density at radius 2 is 1.85 bits per heavy atom. The summed E-state index contributed by atoms with van der Waals surface area (Å²) in [6, 6.07) is 16.6. The molecule has 3 nitrogen and oxygen atoms in total. The summed E-state index contributed by atoms with van der Waals surface area (Å²) in [6.45, 7) is 0.296. The zero-order valence-corrected chi connectivity index (χ0v) is 14.6. The van der Waals surface area contributed by atoms with Crippen molar-refractivity contribution in [1.29, 1.82) is 0 Å². The molecule has 2 unspecified atom stereocenters. The molecule has 0 saturated carbocycles. The summed E-state index contributed by atoms with van der Waals surface area (Å²) in [5, 5.41) is 0. The second kappa shape index (κ2) is 7.32. The molecule has 2 bridgehead atoms. The van der Waals surface area contributed by atoms with E-state index in [0.29, 0.717) is 6.61 Å². The van der Waals surface area contributed by atoms with Gasteiger partial charge in [-0.25, -0.2) is 9.18 Å². The van der Waals surface area contributed by atoms with Gasteiger partial charge in [-0.05, 0) is 54.5 Å². The van der Waals surface area contributed by atoms with Gasteiger partial charge in [-0.1, -0.05) is 48.5 Å². The molecule has 26 heavy (non-hydrogen) atoms. The highest BCUT2D eigenvalue weighted by Gasteiger charge is 2.38. The van der Waals surface area contributed by atoms with E-state index in [1.165, 1.54) is 17.7 Å². The third-order valence-electron chi connectivity index (χ3n) is 5.27. The Morgan fingerprint density at radius 3 is 2.58 bits per heavy atom. The normalized spacial score (nSPS) is 21.9. The predicted molar refractivity (Wildman–Crippen MR) is 98.9 cm³/mol. The summed E-state index contributed by atoms with van der Waals surface area (Å²) in [6.07, 6.45) is 5.76. The summed E-state index contributed by atoms with van der Waals surface area (Å²) < 4.78 is 18.8. The highest BCUT2D eigenvalue weighted by molar-refractivity contribution is 5.74. The molecule has 2 aliphatic heterocycles. The molecule has 0 radical (unpaired) electrons. The molecule has 0 spiro atoms. The molecule has 1 fully saturated rings. The molecule has 134 valence electrons. The van der Waals surface area contributed by atoms with Gasteiger partial charge in [0.05, 0.1) is 6.04 Å². The number of fused-ring (bicyclic) bond motifs is 2. The highest BCUT2D eigenvalue weighted by Crippen LogP contribution is 2.37. The molecule has 2 aromatic carbocycles. The number of hydrogen-bond donors (Lipinski definition) is 0. The van der Waals surface area contributed by atoms with E-state index in [9.17, 15) is 9.18 Å². The minimum Gasteiger partial charge on any atom is -0.445 e. The van der Waals surface area contributed by atoms with Gasteiger partial charge in [-0.2, -0.15) is 0 Å². The standard InChI is InChI=1S/C22H22FNO2/c23-19-11-9-17(10-12-19)18-13-20-7-4-8-21(14-18)24(20)22(25)26-15-16-5-2-1-3-6-16/h1-3,5-6,9-13,20-21H,4,7-8,14-15H2. The minimum absolute atomic E-state index is 0.0610. The number of amides is 1. The number of halogens is 1. The monoisotopic (exact) mass is 351 g/mol. The average Bonchev–Trinajstić information content (AvgIpc) is 2.66. The molecule has 2 heterocycles. The molecule has 1 saturated heterocycles. The van der Waals surface area contributed by atoms with E-state index >= 15 is 0 Å². The maximum atomic E-state index is 13.2. The van der Waals surface area contributed by atoms with Crippen LogP contribution in [0.4, 0.5) is 9.18 Å².